The molecule has 30 heavy (non-hydrogen) atoms. The highest BCUT2D eigenvalue weighted by Gasteiger charge is 2.42. The molecule has 4 rings (SSSR count). The van der Waals surface area contributed by atoms with Gasteiger partial charge in [0.2, 0.25) is 10.0 Å². The number of hydrogen-bond acceptors (Lipinski definition) is 6. The van der Waals surface area contributed by atoms with E-state index >= 15 is 0 Å². The van der Waals surface area contributed by atoms with Gasteiger partial charge in [-0.25, -0.2) is 8.42 Å². The fourth-order valence-corrected chi connectivity index (χ4v) is 4.41. The third-order valence-corrected chi connectivity index (χ3v) is 5.60. The molecule has 8 nitrogen and oxygen atoms in total. The van der Waals surface area contributed by atoms with Crippen LogP contribution in [0, 0.1) is 0 Å². The molecule has 2 N–H and O–H groups in total. The van der Waals surface area contributed by atoms with Gasteiger partial charge in [-0.05, 0) is 48.6 Å². The smallest absolute Gasteiger partial charge is 0.229 e. The van der Waals surface area contributed by atoms with Crippen LogP contribution in [0.25, 0.3) is 0 Å². The van der Waals surface area contributed by atoms with Crippen molar-refractivity contribution in [1.29, 1.82) is 0 Å². The second kappa shape index (κ2) is 7.96. The summed E-state index contributed by atoms with van der Waals surface area (Å²) in [6, 6.07) is 14.1. The SMILES string of the molecule is COc1cc(N2C(=S)N[C@@H](c3ccccn3)[C@@H]2c2ccco2)ccc1NS(C)(=O)=O. The zero-order valence-corrected chi connectivity index (χ0v) is 17.9. The van der Waals surface area contributed by atoms with E-state index in [0.29, 0.717) is 16.5 Å². The molecule has 0 saturated carbocycles. The summed E-state index contributed by atoms with van der Waals surface area (Å²) in [5.74, 6) is 1.09. The van der Waals surface area contributed by atoms with Crippen molar-refractivity contribution in [3.63, 3.8) is 0 Å². The van der Waals surface area contributed by atoms with Gasteiger partial charge in [0.25, 0.3) is 0 Å². The Hall–Kier alpha value is -3.11. The van der Waals surface area contributed by atoms with E-state index < -0.39 is 10.0 Å². The predicted octanol–water partition coefficient (Wildman–Crippen LogP) is 3.23. The number of benzene rings is 1. The minimum Gasteiger partial charge on any atom is -0.494 e. The van der Waals surface area contributed by atoms with Gasteiger partial charge in [0, 0.05) is 18.0 Å². The molecule has 0 spiro atoms. The number of thiocarbonyl (C=S) groups is 1. The molecule has 1 aromatic carbocycles. The fraction of sp³-hybridized carbons (Fsp3) is 0.200. The van der Waals surface area contributed by atoms with Crippen LogP contribution in [0.1, 0.15) is 23.5 Å². The lowest BCUT2D eigenvalue weighted by Gasteiger charge is -2.26. The van der Waals surface area contributed by atoms with Crippen LogP contribution >= 0.6 is 12.2 Å². The minimum absolute atomic E-state index is 0.232. The van der Waals surface area contributed by atoms with E-state index in [2.05, 4.69) is 15.0 Å². The molecule has 1 aliphatic rings. The van der Waals surface area contributed by atoms with Gasteiger partial charge in [0.15, 0.2) is 5.11 Å². The van der Waals surface area contributed by atoms with Crippen LogP contribution in [0.3, 0.4) is 0 Å². The molecule has 3 aromatic rings. The fourth-order valence-electron chi connectivity index (χ4n) is 3.50. The average molecular weight is 445 g/mol. The first-order valence-corrected chi connectivity index (χ1v) is 11.4. The third kappa shape index (κ3) is 3.96. The van der Waals surface area contributed by atoms with Gasteiger partial charge in [0.1, 0.15) is 17.6 Å². The summed E-state index contributed by atoms with van der Waals surface area (Å²) in [5.41, 5.74) is 1.90. The zero-order chi connectivity index (χ0) is 21.3. The van der Waals surface area contributed by atoms with Gasteiger partial charge in [-0.1, -0.05) is 6.07 Å². The Morgan fingerprint density at radius 3 is 2.70 bits per heavy atom. The van der Waals surface area contributed by atoms with Crippen LogP contribution in [0.5, 0.6) is 5.75 Å². The summed E-state index contributed by atoms with van der Waals surface area (Å²) in [6.07, 6.45) is 4.44. The molecule has 156 valence electrons. The van der Waals surface area contributed by atoms with Crippen molar-refractivity contribution < 1.29 is 17.6 Å². The molecule has 1 saturated heterocycles. The van der Waals surface area contributed by atoms with Crippen LogP contribution in [0.2, 0.25) is 0 Å². The van der Waals surface area contributed by atoms with E-state index in [0.717, 1.165) is 23.4 Å². The maximum Gasteiger partial charge on any atom is 0.229 e. The van der Waals surface area contributed by atoms with Crippen LogP contribution < -0.4 is 19.7 Å². The van der Waals surface area contributed by atoms with Crippen molar-refractivity contribution in [2.24, 2.45) is 0 Å². The van der Waals surface area contributed by atoms with Crippen molar-refractivity contribution in [2.45, 2.75) is 12.1 Å². The lowest BCUT2D eigenvalue weighted by atomic mass is 10.0. The molecule has 0 aliphatic carbocycles. The summed E-state index contributed by atoms with van der Waals surface area (Å²) in [4.78, 5) is 6.40. The molecule has 0 unspecified atom stereocenters. The Morgan fingerprint density at radius 2 is 2.07 bits per heavy atom. The van der Waals surface area contributed by atoms with Crippen LogP contribution in [-0.2, 0) is 10.0 Å². The van der Waals surface area contributed by atoms with E-state index in [1.54, 1.807) is 30.7 Å². The number of sulfonamides is 1. The monoisotopic (exact) mass is 444 g/mol. The standard InChI is InChI=1S/C20H20N4O4S2/c1-27-17-12-13(8-9-14(17)23-30(2,25)26)24-19(16-7-5-11-28-16)18(22-20(24)29)15-6-3-4-10-21-15/h3-12,18-19,23H,1-2H3,(H,22,29)/t18-,19-/m0/s1. The van der Waals surface area contributed by atoms with Gasteiger partial charge in [-0.2, -0.15) is 0 Å². The van der Waals surface area contributed by atoms with Gasteiger partial charge in [-0.3, -0.25) is 9.71 Å². The normalized spacial score (nSPS) is 18.9. The van der Waals surface area contributed by atoms with E-state index in [4.69, 9.17) is 21.4 Å². The number of furan rings is 1. The van der Waals surface area contributed by atoms with Crippen LogP contribution in [-0.4, -0.2) is 31.9 Å². The number of aromatic nitrogens is 1. The average Bonchev–Trinajstić information content (AvgIpc) is 3.35. The Kier molecular flexibility index (Phi) is 5.35. The predicted molar refractivity (Wildman–Crippen MR) is 118 cm³/mol. The lowest BCUT2D eigenvalue weighted by molar-refractivity contribution is 0.415. The molecular weight excluding hydrogens is 424 g/mol. The van der Waals surface area contributed by atoms with E-state index in [1.807, 2.05) is 35.2 Å². The number of pyridine rings is 1. The van der Waals surface area contributed by atoms with E-state index in [1.165, 1.54) is 7.11 Å². The van der Waals surface area contributed by atoms with Crippen molar-refractivity contribution in [3.05, 3.63) is 72.4 Å². The summed E-state index contributed by atoms with van der Waals surface area (Å²) in [7, 11) is -1.97. The second-order valence-electron chi connectivity index (χ2n) is 6.77. The topological polar surface area (TPSA) is 96.7 Å². The zero-order valence-electron chi connectivity index (χ0n) is 16.3. The Morgan fingerprint density at radius 1 is 1.23 bits per heavy atom. The molecule has 0 amide bonds. The maximum atomic E-state index is 11.6. The number of rotatable bonds is 6. The number of methoxy groups -OCH3 is 1. The Bertz CT molecular complexity index is 1150. The van der Waals surface area contributed by atoms with Gasteiger partial charge in [-0.15, -0.1) is 0 Å². The highest BCUT2D eigenvalue weighted by molar-refractivity contribution is 7.92. The highest BCUT2D eigenvalue weighted by atomic mass is 32.2. The van der Waals surface area contributed by atoms with Gasteiger partial charge >= 0.3 is 0 Å². The van der Waals surface area contributed by atoms with Crippen molar-refractivity contribution in [1.82, 2.24) is 10.3 Å². The molecule has 2 aromatic heterocycles. The van der Waals surface area contributed by atoms with E-state index in [-0.39, 0.29) is 12.1 Å². The van der Waals surface area contributed by atoms with Crippen molar-refractivity contribution in [2.75, 3.05) is 23.0 Å². The quantitative estimate of drug-likeness (QED) is 0.560. The number of ether oxygens (including phenoxy) is 1. The van der Waals surface area contributed by atoms with E-state index in [9.17, 15) is 8.42 Å². The number of nitrogens with zero attached hydrogens (tertiary/aromatic N) is 2. The first-order chi connectivity index (χ1) is 14.4. The molecule has 1 fully saturated rings. The third-order valence-electron chi connectivity index (χ3n) is 4.69. The van der Waals surface area contributed by atoms with Crippen LogP contribution in [0.15, 0.2) is 65.4 Å². The molecule has 0 bridgehead atoms. The highest BCUT2D eigenvalue weighted by Crippen LogP contribution is 2.43. The lowest BCUT2D eigenvalue weighted by Crippen LogP contribution is -2.29. The first kappa shape index (κ1) is 20.2. The van der Waals surface area contributed by atoms with Gasteiger partial charge < -0.3 is 19.4 Å². The number of anilines is 2. The van der Waals surface area contributed by atoms with Crippen molar-refractivity contribution >= 4 is 38.7 Å². The molecule has 0 radical (unpaired) electrons. The van der Waals surface area contributed by atoms with Crippen molar-refractivity contribution in [3.8, 4) is 5.75 Å². The summed E-state index contributed by atoms with van der Waals surface area (Å²) < 4.78 is 36.9. The molecular formula is C20H20N4O4S2. The Labute approximate surface area is 179 Å². The molecule has 3 heterocycles. The molecule has 2 atom stereocenters. The first-order valence-electron chi connectivity index (χ1n) is 9.07. The second-order valence-corrected chi connectivity index (χ2v) is 8.91. The summed E-state index contributed by atoms with van der Waals surface area (Å²) in [6.45, 7) is 0. The summed E-state index contributed by atoms with van der Waals surface area (Å²) in [5, 5.41) is 3.83. The Balaban J connectivity index is 1.78. The number of hydrogen-bond donors (Lipinski definition) is 2. The summed E-state index contributed by atoms with van der Waals surface area (Å²) >= 11 is 5.64. The molecule has 1 aliphatic heterocycles. The molecule has 10 heteroatoms. The maximum absolute atomic E-state index is 11.6. The van der Waals surface area contributed by atoms with Crippen LogP contribution in [0.4, 0.5) is 11.4 Å². The van der Waals surface area contributed by atoms with Gasteiger partial charge in [0.05, 0.1) is 37.1 Å². The number of nitrogens with one attached hydrogen (secondary N) is 2. The largest absolute Gasteiger partial charge is 0.494 e. The minimum atomic E-state index is -3.45.